The van der Waals surface area contributed by atoms with E-state index in [0.29, 0.717) is 5.92 Å². The molecule has 2 nitrogen and oxygen atoms in total. The molecule has 0 radical (unpaired) electrons. The minimum Gasteiger partial charge on any atom is -0.472 e. The summed E-state index contributed by atoms with van der Waals surface area (Å²) in [6, 6.07) is 0. The van der Waals surface area contributed by atoms with Gasteiger partial charge in [-0.05, 0) is 25.2 Å². The Hall–Kier alpha value is -0.970. The number of hydrogen-bond acceptors (Lipinski definition) is 1. The van der Waals surface area contributed by atoms with Gasteiger partial charge in [-0.3, -0.25) is 0 Å². The van der Waals surface area contributed by atoms with E-state index >= 15 is 0 Å². The number of hydrogen-bond donors (Lipinski definition) is 1. The van der Waals surface area contributed by atoms with Crippen molar-refractivity contribution in [1.29, 1.82) is 0 Å². The molecule has 0 spiro atoms. The molecule has 2 unspecified atom stereocenters. The van der Waals surface area contributed by atoms with E-state index in [2.05, 4.69) is 18.8 Å². The van der Waals surface area contributed by atoms with Gasteiger partial charge in [-0.15, -0.1) is 0 Å². The molecule has 2 atom stereocenters. The van der Waals surface area contributed by atoms with Crippen LogP contribution in [0.15, 0.2) is 0 Å². The largest absolute Gasteiger partial charge is 0.472 e. The van der Waals surface area contributed by atoms with Gasteiger partial charge in [-0.2, -0.15) is 0 Å². The Morgan fingerprint density at radius 1 is 1.55 bits per heavy atom. The third-order valence-electron chi connectivity index (χ3n) is 2.08. The molecule has 0 heterocycles. The van der Waals surface area contributed by atoms with E-state index in [4.69, 9.17) is 5.11 Å². The van der Waals surface area contributed by atoms with Crippen LogP contribution in [-0.2, 0) is 4.79 Å². The quantitative estimate of drug-likeness (QED) is 0.534. The van der Waals surface area contributed by atoms with Crippen molar-refractivity contribution in [2.45, 2.75) is 26.2 Å². The maximum atomic E-state index is 10.1. The average Bonchev–Trinajstić information content (AvgIpc) is 2.31. The first-order valence-electron chi connectivity index (χ1n) is 3.93. The Bertz CT molecular complexity index is 209. The molecule has 60 valence electrons. The first-order valence-corrected chi connectivity index (χ1v) is 3.93. The summed E-state index contributed by atoms with van der Waals surface area (Å²) in [4.78, 5) is 10.1. The zero-order chi connectivity index (χ0) is 8.27. The minimum absolute atomic E-state index is 0.334. The van der Waals surface area contributed by atoms with Gasteiger partial charge < -0.3 is 5.11 Å². The van der Waals surface area contributed by atoms with Crippen molar-refractivity contribution < 1.29 is 9.90 Å². The average molecular weight is 152 g/mol. The van der Waals surface area contributed by atoms with Gasteiger partial charge >= 0.3 is 5.97 Å². The van der Waals surface area contributed by atoms with Crippen LogP contribution in [0, 0.1) is 23.7 Å². The van der Waals surface area contributed by atoms with Crippen LogP contribution in [0.1, 0.15) is 26.2 Å². The first-order chi connectivity index (χ1) is 5.18. The lowest BCUT2D eigenvalue weighted by molar-refractivity contribution is -0.130. The van der Waals surface area contributed by atoms with E-state index in [1.807, 2.05) is 0 Å². The van der Waals surface area contributed by atoms with Crippen molar-refractivity contribution in [3.05, 3.63) is 0 Å². The molecule has 0 bridgehead atoms. The van der Waals surface area contributed by atoms with Crippen molar-refractivity contribution in [2.75, 3.05) is 0 Å². The molecule has 1 saturated carbocycles. The Balaban J connectivity index is 2.41. The van der Waals surface area contributed by atoms with Crippen LogP contribution in [0.25, 0.3) is 0 Å². The predicted octanol–water partition coefficient (Wildman–Crippen LogP) is 1.51. The molecule has 1 rings (SSSR count). The topological polar surface area (TPSA) is 37.3 Å². The fraction of sp³-hybridized carbons (Fsp3) is 0.667. The summed E-state index contributed by atoms with van der Waals surface area (Å²) in [5, 5.41) is 8.27. The van der Waals surface area contributed by atoms with Gasteiger partial charge in [0.25, 0.3) is 0 Å². The van der Waals surface area contributed by atoms with Gasteiger partial charge in [-0.25, -0.2) is 4.79 Å². The highest BCUT2D eigenvalue weighted by molar-refractivity contribution is 5.86. The van der Waals surface area contributed by atoms with Gasteiger partial charge in [0.05, 0.1) is 0 Å². The molecule has 1 aliphatic carbocycles. The fourth-order valence-corrected chi connectivity index (χ4v) is 1.50. The van der Waals surface area contributed by atoms with E-state index in [9.17, 15) is 4.79 Å². The number of carboxylic acids is 1. The van der Waals surface area contributed by atoms with E-state index in [0.717, 1.165) is 18.8 Å². The summed E-state index contributed by atoms with van der Waals surface area (Å²) in [6.07, 6.45) is 3.33. The van der Waals surface area contributed by atoms with Crippen molar-refractivity contribution >= 4 is 5.97 Å². The Morgan fingerprint density at radius 3 is 2.73 bits per heavy atom. The maximum Gasteiger partial charge on any atom is 0.381 e. The Kier molecular flexibility index (Phi) is 2.53. The Morgan fingerprint density at radius 2 is 2.27 bits per heavy atom. The monoisotopic (exact) mass is 152 g/mol. The molecule has 2 heteroatoms. The molecule has 0 aromatic rings. The fourth-order valence-electron chi connectivity index (χ4n) is 1.50. The highest BCUT2D eigenvalue weighted by atomic mass is 16.4. The normalized spacial score (nSPS) is 29.2. The first kappa shape index (κ1) is 8.13. The number of carboxylic acid groups (broad SMARTS) is 1. The smallest absolute Gasteiger partial charge is 0.381 e. The SMILES string of the molecule is CC1CCC(C#CC(=O)O)C1. The lowest BCUT2D eigenvalue weighted by Gasteiger charge is -1.96. The zero-order valence-electron chi connectivity index (χ0n) is 6.63. The van der Waals surface area contributed by atoms with Gasteiger partial charge in [0.1, 0.15) is 0 Å². The van der Waals surface area contributed by atoms with Gasteiger partial charge in [0.2, 0.25) is 0 Å². The molecule has 1 fully saturated rings. The number of rotatable bonds is 0. The van der Waals surface area contributed by atoms with E-state index < -0.39 is 5.97 Å². The summed E-state index contributed by atoms with van der Waals surface area (Å²) in [6.45, 7) is 2.18. The predicted molar refractivity (Wildman–Crippen MR) is 41.9 cm³/mol. The summed E-state index contributed by atoms with van der Waals surface area (Å²) in [5.41, 5.74) is 0. The second-order valence-corrected chi connectivity index (χ2v) is 3.19. The van der Waals surface area contributed by atoms with Crippen LogP contribution in [0.2, 0.25) is 0 Å². The summed E-state index contributed by atoms with van der Waals surface area (Å²) in [5.74, 6) is 4.99. The minimum atomic E-state index is -1.01. The molecule has 0 aromatic carbocycles. The van der Waals surface area contributed by atoms with Crippen molar-refractivity contribution in [3.63, 3.8) is 0 Å². The van der Waals surface area contributed by atoms with Crippen LogP contribution in [0.5, 0.6) is 0 Å². The lowest BCUT2D eigenvalue weighted by Crippen LogP contribution is -1.93. The van der Waals surface area contributed by atoms with Crippen LogP contribution in [0.4, 0.5) is 0 Å². The van der Waals surface area contributed by atoms with Crippen molar-refractivity contribution in [1.82, 2.24) is 0 Å². The number of carbonyl (C=O) groups is 1. The molecule has 0 aromatic heterocycles. The second kappa shape index (κ2) is 3.43. The highest BCUT2D eigenvalue weighted by Gasteiger charge is 2.18. The van der Waals surface area contributed by atoms with Crippen LogP contribution >= 0.6 is 0 Å². The summed E-state index contributed by atoms with van der Waals surface area (Å²) in [7, 11) is 0. The molecule has 1 aliphatic rings. The second-order valence-electron chi connectivity index (χ2n) is 3.19. The standard InChI is InChI=1S/C9H12O2/c1-7-2-3-8(6-7)4-5-9(10)11/h7-8H,2-3,6H2,1H3,(H,10,11). The molecule has 0 amide bonds. The van der Waals surface area contributed by atoms with Gasteiger partial charge in [0.15, 0.2) is 0 Å². The third-order valence-corrected chi connectivity index (χ3v) is 2.08. The highest BCUT2D eigenvalue weighted by Crippen LogP contribution is 2.29. The van der Waals surface area contributed by atoms with Crippen molar-refractivity contribution in [3.8, 4) is 11.8 Å². The number of aliphatic carboxylic acids is 1. The maximum absolute atomic E-state index is 10.1. The van der Waals surface area contributed by atoms with Crippen molar-refractivity contribution in [2.24, 2.45) is 11.8 Å². The van der Waals surface area contributed by atoms with Gasteiger partial charge in [0, 0.05) is 11.8 Å². The van der Waals surface area contributed by atoms with Crippen LogP contribution in [0.3, 0.4) is 0 Å². The lowest BCUT2D eigenvalue weighted by atomic mass is 10.1. The zero-order valence-corrected chi connectivity index (χ0v) is 6.63. The summed E-state index contributed by atoms with van der Waals surface area (Å²) < 4.78 is 0. The Labute approximate surface area is 66.6 Å². The van der Waals surface area contributed by atoms with Crippen LogP contribution < -0.4 is 0 Å². The molecule has 1 N–H and O–H groups in total. The van der Waals surface area contributed by atoms with Crippen LogP contribution in [-0.4, -0.2) is 11.1 Å². The van der Waals surface area contributed by atoms with E-state index in [1.54, 1.807) is 0 Å². The molecular weight excluding hydrogens is 140 g/mol. The third kappa shape index (κ3) is 2.63. The molecular formula is C9H12O2. The summed E-state index contributed by atoms with van der Waals surface area (Å²) >= 11 is 0. The molecule has 0 saturated heterocycles. The molecule has 11 heavy (non-hydrogen) atoms. The van der Waals surface area contributed by atoms with Gasteiger partial charge in [-0.1, -0.05) is 12.8 Å². The van der Waals surface area contributed by atoms with E-state index in [1.165, 1.54) is 6.42 Å². The van der Waals surface area contributed by atoms with E-state index in [-0.39, 0.29) is 0 Å². The molecule has 0 aliphatic heterocycles.